The first-order valence-corrected chi connectivity index (χ1v) is 4.70. The van der Waals surface area contributed by atoms with E-state index in [2.05, 4.69) is 20.8 Å². The molecule has 0 unspecified atom stereocenters. The van der Waals surface area contributed by atoms with Gasteiger partial charge < -0.3 is 0 Å². The summed E-state index contributed by atoms with van der Waals surface area (Å²) < 4.78 is 0. The molecule has 0 amide bonds. The Kier molecular flexibility index (Phi) is 2.38. The quantitative estimate of drug-likeness (QED) is 0.559. The van der Waals surface area contributed by atoms with Gasteiger partial charge in [-0.25, -0.2) is 0 Å². The molecule has 60 valence electrons. The molecule has 1 aliphatic rings. The Morgan fingerprint density at radius 2 is 1.70 bits per heavy atom. The number of hydrogen-bond acceptors (Lipinski definition) is 0. The molecule has 1 aliphatic carbocycles. The van der Waals surface area contributed by atoms with Crippen molar-refractivity contribution in [1.82, 2.24) is 0 Å². The highest BCUT2D eigenvalue weighted by Gasteiger charge is 2.30. The van der Waals surface area contributed by atoms with E-state index >= 15 is 0 Å². The van der Waals surface area contributed by atoms with Crippen LogP contribution in [0.2, 0.25) is 0 Å². The van der Waals surface area contributed by atoms with Crippen LogP contribution in [0.15, 0.2) is 0 Å². The summed E-state index contributed by atoms with van der Waals surface area (Å²) in [6, 6.07) is 0. The van der Waals surface area contributed by atoms with Gasteiger partial charge in [-0.1, -0.05) is 46.5 Å². The zero-order chi connectivity index (χ0) is 7.61. The topological polar surface area (TPSA) is 0 Å². The Morgan fingerprint density at radius 3 is 2.00 bits per heavy atom. The zero-order valence-electron chi connectivity index (χ0n) is 7.61. The molecule has 1 saturated carbocycles. The first-order chi connectivity index (χ1) is 4.70. The van der Waals surface area contributed by atoms with Gasteiger partial charge in [-0.2, -0.15) is 0 Å². The predicted molar refractivity (Wildman–Crippen MR) is 46.0 cm³/mol. The summed E-state index contributed by atoms with van der Waals surface area (Å²) in [4.78, 5) is 0. The molecule has 0 aromatic heterocycles. The third-order valence-corrected chi connectivity index (χ3v) is 3.19. The van der Waals surface area contributed by atoms with Crippen molar-refractivity contribution in [3.63, 3.8) is 0 Å². The molecule has 0 heterocycles. The van der Waals surface area contributed by atoms with Gasteiger partial charge in [0.1, 0.15) is 0 Å². The van der Waals surface area contributed by atoms with Crippen LogP contribution in [0.5, 0.6) is 0 Å². The largest absolute Gasteiger partial charge is 0.0649 e. The zero-order valence-corrected chi connectivity index (χ0v) is 7.61. The highest BCUT2D eigenvalue weighted by atomic mass is 14.4. The Labute approximate surface area is 65.0 Å². The molecule has 1 fully saturated rings. The third kappa shape index (κ3) is 2.00. The lowest BCUT2D eigenvalue weighted by molar-refractivity contribution is 0.257. The summed E-state index contributed by atoms with van der Waals surface area (Å²) in [7, 11) is 0. The minimum absolute atomic E-state index is 0.668. The van der Waals surface area contributed by atoms with Crippen molar-refractivity contribution in [3.05, 3.63) is 0 Å². The van der Waals surface area contributed by atoms with Crippen LogP contribution in [0.25, 0.3) is 0 Å². The lowest BCUT2D eigenvalue weighted by Crippen LogP contribution is -2.14. The van der Waals surface area contributed by atoms with E-state index in [1.165, 1.54) is 32.1 Å². The van der Waals surface area contributed by atoms with Gasteiger partial charge in [0.2, 0.25) is 0 Å². The molecule has 0 N–H and O–H groups in total. The monoisotopic (exact) mass is 140 g/mol. The minimum Gasteiger partial charge on any atom is -0.0649 e. The second-order valence-electron chi connectivity index (χ2n) is 4.17. The molecule has 0 saturated heterocycles. The van der Waals surface area contributed by atoms with E-state index in [0.29, 0.717) is 5.41 Å². The van der Waals surface area contributed by atoms with E-state index in [4.69, 9.17) is 0 Å². The molecular weight excluding hydrogens is 120 g/mol. The maximum absolute atomic E-state index is 2.44. The summed E-state index contributed by atoms with van der Waals surface area (Å²) in [5.74, 6) is 1.10. The first kappa shape index (κ1) is 8.10. The molecule has 0 heteroatoms. The number of hydrogen-bond donors (Lipinski definition) is 0. The Morgan fingerprint density at radius 1 is 1.20 bits per heavy atom. The molecular formula is C10H20. The Hall–Kier alpha value is 0. The van der Waals surface area contributed by atoms with Gasteiger partial charge in [0.15, 0.2) is 0 Å². The van der Waals surface area contributed by atoms with E-state index < -0.39 is 0 Å². The summed E-state index contributed by atoms with van der Waals surface area (Å²) in [5, 5.41) is 0. The lowest BCUT2D eigenvalue weighted by atomic mass is 9.80. The van der Waals surface area contributed by atoms with E-state index in [9.17, 15) is 0 Å². The van der Waals surface area contributed by atoms with Crippen LogP contribution in [0, 0.1) is 11.3 Å². The van der Waals surface area contributed by atoms with Crippen LogP contribution in [0.1, 0.15) is 52.9 Å². The van der Waals surface area contributed by atoms with Gasteiger partial charge >= 0.3 is 0 Å². The van der Waals surface area contributed by atoms with Crippen LogP contribution in [-0.2, 0) is 0 Å². The van der Waals surface area contributed by atoms with Crippen molar-refractivity contribution in [2.24, 2.45) is 11.3 Å². The smallest absolute Gasteiger partial charge is 0.0328 e. The van der Waals surface area contributed by atoms with Crippen LogP contribution in [0.4, 0.5) is 0 Å². The van der Waals surface area contributed by atoms with Crippen molar-refractivity contribution >= 4 is 0 Å². The van der Waals surface area contributed by atoms with Gasteiger partial charge in [-0.3, -0.25) is 0 Å². The van der Waals surface area contributed by atoms with Crippen LogP contribution >= 0.6 is 0 Å². The highest BCUT2D eigenvalue weighted by Crippen LogP contribution is 2.43. The normalized spacial score (nSPS) is 19.5. The van der Waals surface area contributed by atoms with Gasteiger partial charge in [0.25, 0.3) is 0 Å². The fraction of sp³-hybridized carbons (Fsp3) is 1.00. The average Bonchev–Trinajstić information content (AvgIpc) is 2.72. The second-order valence-corrected chi connectivity index (χ2v) is 4.17. The minimum atomic E-state index is 0.668. The van der Waals surface area contributed by atoms with Gasteiger partial charge in [-0.15, -0.1) is 0 Å². The molecule has 10 heavy (non-hydrogen) atoms. The van der Waals surface area contributed by atoms with Crippen LogP contribution < -0.4 is 0 Å². The van der Waals surface area contributed by atoms with E-state index in [-0.39, 0.29) is 0 Å². The molecule has 0 aromatic carbocycles. The summed E-state index contributed by atoms with van der Waals surface area (Å²) >= 11 is 0. The number of rotatable bonds is 4. The van der Waals surface area contributed by atoms with Crippen molar-refractivity contribution in [2.75, 3.05) is 0 Å². The molecule has 0 aliphatic heterocycles. The SMILES string of the molecule is CCC(C)(CC)CC1CC1. The molecule has 0 atom stereocenters. The molecule has 0 bridgehead atoms. The van der Waals surface area contributed by atoms with Crippen molar-refractivity contribution < 1.29 is 0 Å². The average molecular weight is 140 g/mol. The Balaban J connectivity index is 2.29. The highest BCUT2D eigenvalue weighted by molar-refractivity contribution is 4.82. The summed E-state index contributed by atoms with van der Waals surface area (Å²) in [6.07, 6.45) is 7.23. The molecule has 0 nitrogen and oxygen atoms in total. The molecule has 0 spiro atoms. The molecule has 1 rings (SSSR count). The first-order valence-electron chi connectivity index (χ1n) is 4.70. The Bertz CT molecular complexity index is 96.6. The van der Waals surface area contributed by atoms with Crippen molar-refractivity contribution in [2.45, 2.75) is 52.9 Å². The second kappa shape index (κ2) is 2.94. The summed E-state index contributed by atoms with van der Waals surface area (Å²) in [6.45, 7) is 7.09. The van der Waals surface area contributed by atoms with Gasteiger partial charge in [0, 0.05) is 0 Å². The van der Waals surface area contributed by atoms with Crippen molar-refractivity contribution in [1.29, 1.82) is 0 Å². The maximum Gasteiger partial charge on any atom is -0.0328 e. The summed E-state index contributed by atoms with van der Waals surface area (Å²) in [5.41, 5.74) is 0.668. The van der Waals surface area contributed by atoms with Crippen LogP contribution in [-0.4, -0.2) is 0 Å². The lowest BCUT2D eigenvalue weighted by Gasteiger charge is -2.26. The van der Waals surface area contributed by atoms with Gasteiger partial charge in [-0.05, 0) is 17.8 Å². The van der Waals surface area contributed by atoms with E-state index in [1.54, 1.807) is 0 Å². The van der Waals surface area contributed by atoms with E-state index in [0.717, 1.165) is 5.92 Å². The van der Waals surface area contributed by atoms with Gasteiger partial charge in [0.05, 0.1) is 0 Å². The molecule has 0 aromatic rings. The molecule has 0 radical (unpaired) electrons. The fourth-order valence-corrected chi connectivity index (χ4v) is 1.56. The third-order valence-electron chi connectivity index (χ3n) is 3.19. The van der Waals surface area contributed by atoms with Crippen LogP contribution in [0.3, 0.4) is 0 Å². The maximum atomic E-state index is 2.44. The predicted octanol–water partition coefficient (Wildman–Crippen LogP) is 3.61. The fourth-order valence-electron chi connectivity index (χ4n) is 1.56. The standard InChI is InChI=1S/C10H20/c1-4-10(3,5-2)8-9-6-7-9/h9H,4-8H2,1-3H3. The van der Waals surface area contributed by atoms with Crippen molar-refractivity contribution in [3.8, 4) is 0 Å². The van der Waals surface area contributed by atoms with E-state index in [1.807, 2.05) is 0 Å².